The van der Waals surface area contributed by atoms with E-state index in [1.807, 2.05) is 38.9 Å². The summed E-state index contributed by atoms with van der Waals surface area (Å²) in [5.41, 5.74) is 3.48. The summed E-state index contributed by atoms with van der Waals surface area (Å²) in [4.78, 5) is 6.42. The van der Waals surface area contributed by atoms with Crippen molar-refractivity contribution >= 4 is 16.8 Å². The molecule has 102 valence electrons. The summed E-state index contributed by atoms with van der Waals surface area (Å²) in [6.07, 6.45) is 5.22. The Labute approximate surface area is 117 Å². The van der Waals surface area contributed by atoms with E-state index in [0.717, 1.165) is 23.4 Å². The standard InChI is InChI=1S/C13H19ClN2.C2H6/c1-6-9(2)7-10(3)13-15-12(14)11(4)8-16(13)5;1-2/h7-8H,6H2,1-5H3;1-2H3/b9-7?,13-10-;. The number of aliphatic imine (C=N–C) groups is 1. The first-order valence-electron chi connectivity index (χ1n) is 6.49. The highest BCUT2D eigenvalue weighted by Gasteiger charge is 2.13. The molecular weight excluding hydrogens is 244 g/mol. The molecule has 0 radical (unpaired) electrons. The molecule has 0 saturated carbocycles. The van der Waals surface area contributed by atoms with Gasteiger partial charge in [0.1, 0.15) is 11.0 Å². The minimum atomic E-state index is 0.579. The van der Waals surface area contributed by atoms with Crippen molar-refractivity contribution < 1.29 is 0 Å². The van der Waals surface area contributed by atoms with Crippen LogP contribution in [0, 0.1) is 0 Å². The van der Waals surface area contributed by atoms with Crippen molar-refractivity contribution in [3.63, 3.8) is 0 Å². The molecule has 1 heterocycles. The van der Waals surface area contributed by atoms with Crippen molar-refractivity contribution in [2.75, 3.05) is 7.05 Å². The lowest BCUT2D eigenvalue weighted by molar-refractivity contribution is 0.547. The predicted molar refractivity (Wildman–Crippen MR) is 82.9 cm³/mol. The van der Waals surface area contributed by atoms with Crippen LogP contribution in [0.5, 0.6) is 0 Å². The first-order valence-corrected chi connectivity index (χ1v) is 6.87. The lowest BCUT2D eigenvalue weighted by Gasteiger charge is -2.22. The van der Waals surface area contributed by atoms with Gasteiger partial charge in [-0.3, -0.25) is 0 Å². The van der Waals surface area contributed by atoms with Gasteiger partial charge in [0.15, 0.2) is 0 Å². The molecule has 0 saturated heterocycles. The highest BCUT2D eigenvalue weighted by Crippen LogP contribution is 2.22. The van der Waals surface area contributed by atoms with E-state index in [0.29, 0.717) is 5.17 Å². The van der Waals surface area contributed by atoms with Crippen LogP contribution in [-0.2, 0) is 0 Å². The Kier molecular flexibility index (Phi) is 7.69. The minimum Gasteiger partial charge on any atom is -0.335 e. The largest absolute Gasteiger partial charge is 0.335 e. The van der Waals surface area contributed by atoms with Gasteiger partial charge in [0, 0.05) is 18.8 Å². The van der Waals surface area contributed by atoms with Crippen LogP contribution < -0.4 is 0 Å². The second kappa shape index (κ2) is 8.15. The third kappa shape index (κ3) is 4.69. The van der Waals surface area contributed by atoms with Crippen LogP contribution in [0.25, 0.3) is 0 Å². The van der Waals surface area contributed by atoms with Crippen LogP contribution >= 0.6 is 11.6 Å². The Morgan fingerprint density at radius 1 is 1.39 bits per heavy atom. The molecule has 0 aromatic rings. The normalized spacial score (nSPS) is 18.7. The van der Waals surface area contributed by atoms with E-state index in [-0.39, 0.29) is 0 Å². The third-order valence-corrected chi connectivity index (χ3v) is 3.01. The van der Waals surface area contributed by atoms with E-state index in [4.69, 9.17) is 11.6 Å². The van der Waals surface area contributed by atoms with Gasteiger partial charge >= 0.3 is 0 Å². The quantitative estimate of drug-likeness (QED) is 0.681. The third-order valence-electron chi connectivity index (χ3n) is 2.62. The van der Waals surface area contributed by atoms with Crippen LogP contribution in [-0.4, -0.2) is 17.1 Å². The molecule has 0 unspecified atom stereocenters. The highest BCUT2D eigenvalue weighted by molar-refractivity contribution is 6.69. The molecule has 1 aliphatic heterocycles. The Bertz CT molecular complexity index is 401. The van der Waals surface area contributed by atoms with E-state index in [1.165, 1.54) is 5.57 Å². The van der Waals surface area contributed by atoms with E-state index in [1.54, 1.807) is 0 Å². The number of hydrogen-bond acceptors (Lipinski definition) is 2. The molecule has 2 nitrogen and oxygen atoms in total. The molecule has 0 N–H and O–H groups in total. The monoisotopic (exact) mass is 268 g/mol. The summed E-state index contributed by atoms with van der Waals surface area (Å²) in [5, 5.41) is 0.579. The van der Waals surface area contributed by atoms with Gasteiger partial charge in [0.25, 0.3) is 0 Å². The van der Waals surface area contributed by atoms with Gasteiger partial charge in [-0.15, -0.1) is 0 Å². The molecule has 0 bridgehead atoms. The van der Waals surface area contributed by atoms with Crippen LogP contribution in [0.1, 0.15) is 48.0 Å². The van der Waals surface area contributed by atoms with Crippen molar-refractivity contribution in [3.8, 4) is 0 Å². The molecule has 3 heteroatoms. The lowest BCUT2D eigenvalue weighted by atomic mass is 10.1. The number of halogens is 1. The molecule has 0 spiro atoms. The molecule has 0 aromatic carbocycles. The second-order valence-electron chi connectivity index (χ2n) is 4.18. The first-order chi connectivity index (χ1) is 8.45. The average Bonchev–Trinajstić information content (AvgIpc) is 2.35. The zero-order chi connectivity index (χ0) is 14.3. The fourth-order valence-corrected chi connectivity index (χ4v) is 1.70. The van der Waals surface area contributed by atoms with E-state index < -0.39 is 0 Å². The lowest BCUT2D eigenvalue weighted by Crippen LogP contribution is -2.17. The molecule has 0 amide bonds. The Morgan fingerprint density at radius 3 is 2.44 bits per heavy atom. The topological polar surface area (TPSA) is 15.6 Å². The summed E-state index contributed by atoms with van der Waals surface area (Å²) in [6.45, 7) is 12.3. The summed E-state index contributed by atoms with van der Waals surface area (Å²) in [6, 6.07) is 0. The zero-order valence-electron chi connectivity index (χ0n) is 12.6. The van der Waals surface area contributed by atoms with Gasteiger partial charge in [0.05, 0.1) is 0 Å². The number of allylic oxidation sites excluding steroid dienone is 4. The van der Waals surface area contributed by atoms with Gasteiger partial charge in [-0.25, -0.2) is 4.99 Å². The van der Waals surface area contributed by atoms with Crippen LogP contribution in [0.2, 0.25) is 0 Å². The van der Waals surface area contributed by atoms with Gasteiger partial charge < -0.3 is 4.90 Å². The van der Waals surface area contributed by atoms with Crippen molar-refractivity contribution in [2.24, 2.45) is 4.99 Å². The maximum atomic E-state index is 6.04. The fourth-order valence-electron chi connectivity index (χ4n) is 1.57. The number of rotatable bonds is 2. The molecule has 0 aliphatic carbocycles. The summed E-state index contributed by atoms with van der Waals surface area (Å²) in [7, 11) is 1.99. The summed E-state index contributed by atoms with van der Waals surface area (Å²) in [5.74, 6) is 0.920. The van der Waals surface area contributed by atoms with Crippen LogP contribution in [0.4, 0.5) is 0 Å². The second-order valence-corrected chi connectivity index (χ2v) is 4.53. The van der Waals surface area contributed by atoms with Crippen LogP contribution in [0.3, 0.4) is 0 Å². The van der Waals surface area contributed by atoms with Gasteiger partial charge in [-0.1, -0.05) is 44.0 Å². The molecular formula is C15H25ClN2. The Balaban J connectivity index is 0.00000137. The Hall–Kier alpha value is -1.02. The average molecular weight is 269 g/mol. The SMILES string of the molecule is CC.CCC(C)=C/C(C)=C1/N=C(Cl)C(C)=CN1C. The van der Waals surface area contributed by atoms with E-state index in [9.17, 15) is 0 Å². The first kappa shape index (κ1) is 17.0. The van der Waals surface area contributed by atoms with E-state index in [2.05, 4.69) is 31.8 Å². The van der Waals surface area contributed by atoms with Crippen molar-refractivity contribution in [1.82, 2.24) is 4.90 Å². The molecule has 0 fully saturated rings. The van der Waals surface area contributed by atoms with Gasteiger partial charge in [-0.2, -0.15) is 0 Å². The molecule has 18 heavy (non-hydrogen) atoms. The van der Waals surface area contributed by atoms with E-state index >= 15 is 0 Å². The summed E-state index contributed by atoms with van der Waals surface area (Å²) < 4.78 is 0. The smallest absolute Gasteiger partial charge is 0.136 e. The van der Waals surface area contributed by atoms with Crippen LogP contribution in [0.15, 0.2) is 39.8 Å². The van der Waals surface area contributed by atoms with Crippen molar-refractivity contribution in [2.45, 2.75) is 48.0 Å². The summed E-state index contributed by atoms with van der Waals surface area (Å²) >= 11 is 6.04. The van der Waals surface area contributed by atoms with Gasteiger partial charge in [-0.05, 0) is 32.8 Å². The number of nitrogens with zero attached hydrogens (tertiary/aromatic N) is 2. The molecule has 1 rings (SSSR count). The maximum Gasteiger partial charge on any atom is 0.136 e. The zero-order valence-corrected chi connectivity index (χ0v) is 13.4. The maximum absolute atomic E-state index is 6.04. The minimum absolute atomic E-state index is 0.579. The molecule has 0 aromatic heterocycles. The van der Waals surface area contributed by atoms with Gasteiger partial charge in [0.2, 0.25) is 0 Å². The molecule has 1 aliphatic rings. The van der Waals surface area contributed by atoms with Crippen molar-refractivity contribution in [3.05, 3.63) is 34.8 Å². The Morgan fingerprint density at radius 2 is 1.94 bits per heavy atom. The molecule has 0 atom stereocenters. The van der Waals surface area contributed by atoms with Crippen molar-refractivity contribution in [1.29, 1.82) is 0 Å². The highest BCUT2D eigenvalue weighted by atomic mass is 35.5. The number of hydrogen-bond donors (Lipinski definition) is 0. The predicted octanol–water partition coefficient (Wildman–Crippen LogP) is 5.09. The fraction of sp³-hybridized carbons (Fsp3) is 0.533.